The number of aromatic nitrogens is 2. The van der Waals surface area contributed by atoms with Crippen LogP contribution in [0.1, 0.15) is 50.5 Å². The van der Waals surface area contributed by atoms with Gasteiger partial charge in [0.15, 0.2) is 0 Å². The molecule has 1 aromatic heterocycles. The summed E-state index contributed by atoms with van der Waals surface area (Å²) in [5, 5.41) is 7.98. The van der Waals surface area contributed by atoms with Crippen LogP contribution in [0.3, 0.4) is 0 Å². The second-order valence-electron chi connectivity index (χ2n) is 7.99. The Labute approximate surface area is 161 Å². The van der Waals surface area contributed by atoms with Crippen molar-refractivity contribution >= 4 is 0 Å². The topological polar surface area (TPSA) is 63.4 Å². The summed E-state index contributed by atoms with van der Waals surface area (Å²) in [6.07, 6.45) is 8.00. The zero-order valence-electron chi connectivity index (χ0n) is 16.4. The molecule has 1 aromatic carbocycles. The summed E-state index contributed by atoms with van der Waals surface area (Å²) in [6.45, 7) is 2.17. The third kappa shape index (κ3) is 4.33. The summed E-state index contributed by atoms with van der Waals surface area (Å²) >= 11 is 0. The molecule has 6 heteroatoms. The lowest BCUT2D eigenvalue weighted by atomic mass is 9.89. The van der Waals surface area contributed by atoms with E-state index in [1.807, 2.05) is 24.3 Å². The molecule has 0 radical (unpaired) electrons. The fourth-order valence-corrected chi connectivity index (χ4v) is 4.39. The van der Waals surface area contributed by atoms with Gasteiger partial charge < -0.3 is 14.6 Å². The first-order valence-corrected chi connectivity index (χ1v) is 10.1. The zero-order valence-corrected chi connectivity index (χ0v) is 16.4. The standard InChI is InChI=1S/C21H30N4O2/c1-25-14-17(22-13-15-6-4-3-5-7-15)12-19(25)21-23-20(24-27-21)16-8-10-18(26-2)11-9-16/h8-11,15,17,19,22H,3-7,12-14H2,1-2H3/t17-,19-/m0/s1. The van der Waals surface area contributed by atoms with Crippen LogP contribution in [0, 0.1) is 5.92 Å². The third-order valence-corrected chi connectivity index (χ3v) is 6.04. The van der Waals surface area contributed by atoms with Gasteiger partial charge in [0.05, 0.1) is 13.2 Å². The van der Waals surface area contributed by atoms with Crippen LogP contribution in [0.15, 0.2) is 28.8 Å². The molecule has 2 heterocycles. The molecule has 0 amide bonds. The number of hydrogen-bond donors (Lipinski definition) is 1. The summed E-state index contributed by atoms with van der Waals surface area (Å²) in [4.78, 5) is 6.99. The maximum atomic E-state index is 5.61. The largest absolute Gasteiger partial charge is 0.497 e. The predicted molar refractivity (Wildman–Crippen MR) is 105 cm³/mol. The summed E-state index contributed by atoms with van der Waals surface area (Å²) in [5.41, 5.74) is 0.943. The average molecular weight is 370 g/mol. The highest BCUT2D eigenvalue weighted by Crippen LogP contribution is 2.31. The van der Waals surface area contributed by atoms with Crippen LogP contribution in [-0.4, -0.2) is 48.3 Å². The van der Waals surface area contributed by atoms with Crippen LogP contribution in [0.2, 0.25) is 0 Å². The van der Waals surface area contributed by atoms with Gasteiger partial charge in [-0.2, -0.15) is 4.98 Å². The van der Waals surface area contributed by atoms with E-state index < -0.39 is 0 Å². The molecule has 6 nitrogen and oxygen atoms in total. The van der Waals surface area contributed by atoms with E-state index in [2.05, 4.69) is 27.4 Å². The highest BCUT2D eigenvalue weighted by Gasteiger charge is 2.34. The van der Waals surface area contributed by atoms with Crippen molar-refractivity contribution < 1.29 is 9.26 Å². The van der Waals surface area contributed by atoms with Crippen molar-refractivity contribution in [3.8, 4) is 17.1 Å². The highest BCUT2D eigenvalue weighted by molar-refractivity contribution is 5.55. The average Bonchev–Trinajstić information content (AvgIpc) is 3.34. The van der Waals surface area contributed by atoms with Gasteiger partial charge in [0, 0.05) is 18.2 Å². The van der Waals surface area contributed by atoms with Gasteiger partial charge in [-0.15, -0.1) is 0 Å². The Morgan fingerprint density at radius 3 is 2.70 bits per heavy atom. The molecule has 1 aliphatic heterocycles. The number of nitrogens with zero attached hydrogens (tertiary/aromatic N) is 3. The summed E-state index contributed by atoms with van der Waals surface area (Å²) in [7, 11) is 3.81. The van der Waals surface area contributed by atoms with Gasteiger partial charge in [-0.05, 0) is 63.0 Å². The number of nitrogens with one attached hydrogen (secondary N) is 1. The molecule has 0 bridgehead atoms. The van der Waals surface area contributed by atoms with Crippen molar-refractivity contribution in [2.75, 3.05) is 27.2 Å². The van der Waals surface area contributed by atoms with Crippen LogP contribution in [0.25, 0.3) is 11.4 Å². The minimum absolute atomic E-state index is 0.188. The fourth-order valence-electron chi connectivity index (χ4n) is 4.39. The van der Waals surface area contributed by atoms with Crippen LogP contribution in [-0.2, 0) is 0 Å². The van der Waals surface area contributed by atoms with E-state index in [-0.39, 0.29) is 6.04 Å². The van der Waals surface area contributed by atoms with E-state index in [9.17, 15) is 0 Å². The van der Waals surface area contributed by atoms with E-state index in [4.69, 9.17) is 9.26 Å². The number of likely N-dealkylation sites (N-methyl/N-ethyl adjacent to an activating group) is 1. The summed E-state index contributed by atoms with van der Waals surface area (Å²) in [6, 6.07) is 8.43. The SMILES string of the molecule is COc1ccc(-c2noc([C@@H]3C[C@H](NCC4CCCCC4)CN3C)n2)cc1. The van der Waals surface area contributed by atoms with Gasteiger partial charge in [0.2, 0.25) is 11.7 Å². The number of rotatable bonds is 6. The van der Waals surface area contributed by atoms with Crippen molar-refractivity contribution in [3.63, 3.8) is 0 Å². The maximum Gasteiger partial charge on any atom is 0.244 e. The molecule has 0 unspecified atom stereocenters. The molecule has 146 valence electrons. The smallest absolute Gasteiger partial charge is 0.244 e. The molecular weight excluding hydrogens is 340 g/mol. The van der Waals surface area contributed by atoms with Crippen LogP contribution >= 0.6 is 0 Å². The van der Waals surface area contributed by atoms with E-state index in [0.29, 0.717) is 17.8 Å². The Morgan fingerprint density at radius 2 is 1.96 bits per heavy atom. The van der Waals surface area contributed by atoms with Gasteiger partial charge in [-0.3, -0.25) is 4.90 Å². The highest BCUT2D eigenvalue weighted by atomic mass is 16.5. The molecule has 1 saturated heterocycles. The number of benzene rings is 1. The summed E-state index contributed by atoms with van der Waals surface area (Å²) in [5.74, 6) is 3.03. The van der Waals surface area contributed by atoms with E-state index in [1.54, 1.807) is 7.11 Å². The van der Waals surface area contributed by atoms with Crippen molar-refractivity contribution in [1.29, 1.82) is 0 Å². The molecule has 1 N–H and O–H groups in total. The van der Waals surface area contributed by atoms with Gasteiger partial charge in [-0.25, -0.2) is 0 Å². The first kappa shape index (κ1) is 18.4. The van der Waals surface area contributed by atoms with Crippen molar-refractivity contribution in [1.82, 2.24) is 20.4 Å². The Kier molecular flexibility index (Phi) is 5.74. The monoisotopic (exact) mass is 370 g/mol. The number of ether oxygens (including phenoxy) is 1. The normalized spacial score (nSPS) is 24.4. The number of likely N-dealkylation sites (tertiary alicyclic amines) is 1. The lowest BCUT2D eigenvalue weighted by Gasteiger charge is -2.23. The van der Waals surface area contributed by atoms with Crippen molar-refractivity contribution in [3.05, 3.63) is 30.2 Å². The first-order valence-electron chi connectivity index (χ1n) is 10.1. The lowest BCUT2D eigenvalue weighted by Crippen LogP contribution is -2.35. The molecule has 0 spiro atoms. The molecule has 2 atom stereocenters. The van der Waals surface area contributed by atoms with Crippen LogP contribution < -0.4 is 10.1 Å². The van der Waals surface area contributed by atoms with E-state index >= 15 is 0 Å². The Hall–Kier alpha value is -1.92. The Bertz CT molecular complexity index is 724. The number of methoxy groups -OCH3 is 1. The second-order valence-corrected chi connectivity index (χ2v) is 7.99. The Morgan fingerprint density at radius 1 is 1.19 bits per heavy atom. The quantitative estimate of drug-likeness (QED) is 0.837. The number of hydrogen-bond acceptors (Lipinski definition) is 6. The summed E-state index contributed by atoms with van der Waals surface area (Å²) < 4.78 is 10.8. The lowest BCUT2D eigenvalue weighted by molar-refractivity contribution is 0.244. The predicted octanol–water partition coefficient (Wildman–Crippen LogP) is 3.66. The Balaban J connectivity index is 1.36. The molecule has 1 aliphatic carbocycles. The van der Waals surface area contributed by atoms with Crippen molar-refractivity contribution in [2.24, 2.45) is 5.92 Å². The molecular formula is C21H30N4O2. The van der Waals surface area contributed by atoms with Gasteiger partial charge in [0.1, 0.15) is 5.75 Å². The first-order chi connectivity index (χ1) is 13.2. The van der Waals surface area contributed by atoms with Crippen LogP contribution in [0.5, 0.6) is 5.75 Å². The maximum absolute atomic E-state index is 5.61. The molecule has 2 fully saturated rings. The van der Waals surface area contributed by atoms with E-state index in [1.165, 1.54) is 32.1 Å². The van der Waals surface area contributed by atoms with E-state index in [0.717, 1.165) is 36.7 Å². The molecule has 27 heavy (non-hydrogen) atoms. The van der Waals surface area contributed by atoms with Crippen molar-refractivity contribution in [2.45, 2.75) is 50.6 Å². The molecule has 2 aliphatic rings. The molecule has 1 saturated carbocycles. The van der Waals surface area contributed by atoms with Gasteiger partial charge >= 0.3 is 0 Å². The molecule has 2 aromatic rings. The molecule has 4 rings (SSSR count). The zero-order chi connectivity index (χ0) is 18.6. The minimum atomic E-state index is 0.188. The fraction of sp³-hybridized carbons (Fsp3) is 0.619. The second kappa shape index (κ2) is 8.40. The minimum Gasteiger partial charge on any atom is -0.497 e. The third-order valence-electron chi connectivity index (χ3n) is 6.04. The van der Waals surface area contributed by atoms with Gasteiger partial charge in [0.25, 0.3) is 0 Å². The van der Waals surface area contributed by atoms with Crippen LogP contribution in [0.4, 0.5) is 0 Å². The van der Waals surface area contributed by atoms with Gasteiger partial charge in [-0.1, -0.05) is 24.4 Å².